The highest BCUT2D eigenvalue weighted by atomic mass is 35.5. The lowest BCUT2D eigenvalue weighted by atomic mass is 10.5. The van der Waals surface area contributed by atoms with Crippen LogP contribution in [0, 0.1) is 6.20 Å². The van der Waals surface area contributed by atoms with Gasteiger partial charge in [0.05, 0.1) is 9.92 Å². The van der Waals surface area contributed by atoms with Gasteiger partial charge in [-0.05, 0) is 6.07 Å². The topological polar surface area (TPSA) is 47.0 Å². The van der Waals surface area contributed by atoms with Gasteiger partial charge in [-0.15, -0.1) is 0 Å². The van der Waals surface area contributed by atoms with Gasteiger partial charge in [0.25, 0.3) is 0 Å². The summed E-state index contributed by atoms with van der Waals surface area (Å²) >= 11 is 5.50. The third-order valence-electron chi connectivity index (χ3n) is 1.03. The van der Waals surface area contributed by atoms with Gasteiger partial charge >= 0.3 is 0 Å². The Kier molecular flexibility index (Phi) is 2.15. The molecule has 0 aliphatic rings. The molecule has 0 fully saturated rings. The molecule has 0 saturated carbocycles. The van der Waals surface area contributed by atoms with Crippen LogP contribution in [0.5, 0.6) is 0 Å². The zero-order valence-corrected chi connectivity index (χ0v) is 7.28. The molecule has 0 spiro atoms. The van der Waals surface area contributed by atoms with Crippen molar-refractivity contribution in [3.8, 4) is 0 Å². The Morgan fingerprint density at radius 3 is 2.64 bits per heavy atom. The Labute approximate surface area is 69.9 Å². The summed E-state index contributed by atoms with van der Waals surface area (Å²) in [5.74, 6) is 0. The molecule has 59 valence electrons. The van der Waals surface area contributed by atoms with E-state index < -0.39 is 9.84 Å². The number of hydrogen-bond donors (Lipinski definition) is 0. The second kappa shape index (κ2) is 2.79. The first-order valence-corrected chi connectivity index (χ1v) is 5.00. The first-order valence-electron chi connectivity index (χ1n) is 2.73. The number of pyridine rings is 1. The van der Waals surface area contributed by atoms with Crippen LogP contribution in [0.15, 0.2) is 17.2 Å². The predicted octanol–water partition coefficient (Wildman–Crippen LogP) is 0.939. The molecule has 0 bridgehead atoms. The number of halogens is 1. The summed E-state index contributed by atoms with van der Waals surface area (Å²) in [5, 5.41) is 0.296. The molecule has 1 aromatic heterocycles. The Balaban J connectivity index is 3.28. The standard InChI is InChI=1S/C6H5ClNO2S/c1-11(9,10)6-2-5(7)3-8-4-6/h2-3H,1H3. The molecule has 0 N–H and O–H groups in total. The summed E-state index contributed by atoms with van der Waals surface area (Å²) < 4.78 is 21.7. The molecule has 3 nitrogen and oxygen atoms in total. The van der Waals surface area contributed by atoms with E-state index in [0.29, 0.717) is 5.02 Å². The van der Waals surface area contributed by atoms with Gasteiger partial charge in [-0.1, -0.05) is 11.6 Å². The minimum absolute atomic E-state index is 0.0185. The lowest BCUT2D eigenvalue weighted by Crippen LogP contribution is -1.97. The Bertz CT molecular complexity index is 361. The Hall–Kier alpha value is -0.610. The zero-order chi connectivity index (χ0) is 8.48. The predicted molar refractivity (Wildman–Crippen MR) is 41.2 cm³/mol. The van der Waals surface area contributed by atoms with E-state index in [9.17, 15) is 8.42 Å². The summed E-state index contributed by atoms with van der Waals surface area (Å²) in [4.78, 5) is 3.53. The van der Waals surface area contributed by atoms with Gasteiger partial charge in [-0.25, -0.2) is 8.42 Å². The van der Waals surface area contributed by atoms with Crippen molar-refractivity contribution >= 4 is 21.4 Å². The van der Waals surface area contributed by atoms with Crippen LogP contribution in [0.1, 0.15) is 0 Å². The molecule has 0 aliphatic heterocycles. The highest BCUT2D eigenvalue weighted by Crippen LogP contribution is 2.12. The maximum absolute atomic E-state index is 10.9. The van der Waals surface area contributed by atoms with E-state index >= 15 is 0 Å². The van der Waals surface area contributed by atoms with Crippen molar-refractivity contribution in [2.45, 2.75) is 4.90 Å². The van der Waals surface area contributed by atoms with Crippen LogP contribution in [0.2, 0.25) is 5.02 Å². The van der Waals surface area contributed by atoms with Crippen molar-refractivity contribution in [1.82, 2.24) is 4.98 Å². The third kappa shape index (κ3) is 2.17. The molecule has 5 heteroatoms. The van der Waals surface area contributed by atoms with E-state index in [1.54, 1.807) is 0 Å². The van der Waals surface area contributed by atoms with Crippen molar-refractivity contribution in [2.24, 2.45) is 0 Å². The average molecular weight is 191 g/mol. The first kappa shape index (κ1) is 8.49. The van der Waals surface area contributed by atoms with Gasteiger partial charge in [0.2, 0.25) is 0 Å². The molecule has 0 amide bonds. The van der Waals surface area contributed by atoms with Crippen molar-refractivity contribution < 1.29 is 8.42 Å². The minimum atomic E-state index is -3.23. The summed E-state index contributed by atoms with van der Waals surface area (Å²) in [6.07, 6.45) is 4.74. The SMILES string of the molecule is CS(=O)(=O)c1[c]ncc(Cl)c1. The molecular formula is C6H5ClNO2S. The molecule has 0 unspecified atom stereocenters. The minimum Gasteiger partial charge on any atom is -0.252 e. The molecular weight excluding hydrogens is 186 g/mol. The molecule has 0 aromatic carbocycles. The lowest BCUT2D eigenvalue weighted by Gasteiger charge is -1.94. The van der Waals surface area contributed by atoms with Crippen LogP contribution < -0.4 is 0 Å². The number of rotatable bonds is 1. The van der Waals surface area contributed by atoms with E-state index in [-0.39, 0.29) is 4.90 Å². The molecule has 0 aliphatic carbocycles. The van der Waals surface area contributed by atoms with Gasteiger partial charge in [-0.3, -0.25) is 4.98 Å². The zero-order valence-electron chi connectivity index (χ0n) is 5.70. The molecule has 0 saturated heterocycles. The fraction of sp³-hybridized carbons (Fsp3) is 0.167. The van der Waals surface area contributed by atoms with Gasteiger partial charge in [-0.2, -0.15) is 0 Å². The van der Waals surface area contributed by atoms with Gasteiger partial charge in [0.15, 0.2) is 9.84 Å². The molecule has 0 atom stereocenters. The quantitative estimate of drug-likeness (QED) is 0.662. The van der Waals surface area contributed by atoms with Crippen LogP contribution in [-0.4, -0.2) is 19.7 Å². The maximum Gasteiger partial charge on any atom is 0.177 e. The molecule has 1 radical (unpaired) electrons. The maximum atomic E-state index is 10.9. The van der Waals surface area contributed by atoms with E-state index in [1.165, 1.54) is 12.3 Å². The normalized spacial score (nSPS) is 11.5. The monoisotopic (exact) mass is 190 g/mol. The van der Waals surface area contributed by atoms with Gasteiger partial charge in [0, 0.05) is 12.5 Å². The fourth-order valence-electron chi connectivity index (χ4n) is 0.542. The first-order chi connectivity index (χ1) is 5.00. The van der Waals surface area contributed by atoms with Gasteiger partial charge in [0.1, 0.15) is 6.20 Å². The second-order valence-corrected chi connectivity index (χ2v) is 4.46. The molecule has 1 heterocycles. The summed E-state index contributed by atoms with van der Waals surface area (Å²) in [7, 11) is -3.23. The molecule has 11 heavy (non-hydrogen) atoms. The van der Waals surface area contributed by atoms with Crippen molar-refractivity contribution in [1.29, 1.82) is 0 Å². The van der Waals surface area contributed by atoms with Gasteiger partial charge < -0.3 is 0 Å². The van der Waals surface area contributed by atoms with E-state index in [0.717, 1.165) is 6.26 Å². The number of sulfone groups is 1. The van der Waals surface area contributed by atoms with Crippen molar-refractivity contribution in [2.75, 3.05) is 6.26 Å². The highest BCUT2D eigenvalue weighted by Gasteiger charge is 2.07. The van der Waals surface area contributed by atoms with Crippen LogP contribution in [-0.2, 0) is 9.84 Å². The third-order valence-corrected chi connectivity index (χ3v) is 2.25. The smallest absolute Gasteiger partial charge is 0.177 e. The van der Waals surface area contributed by atoms with Crippen LogP contribution in [0.25, 0.3) is 0 Å². The largest absolute Gasteiger partial charge is 0.252 e. The van der Waals surface area contributed by atoms with E-state index in [4.69, 9.17) is 11.6 Å². The van der Waals surface area contributed by atoms with Crippen LogP contribution in [0.3, 0.4) is 0 Å². The summed E-state index contributed by atoms with van der Waals surface area (Å²) in [6.45, 7) is 0. The number of nitrogens with zero attached hydrogens (tertiary/aromatic N) is 1. The Morgan fingerprint density at radius 2 is 2.27 bits per heavy atom. The number of aromatic nitrogens is 1. The van der Waals surface area contributed by atoms with Crippen molar-refractivity contribution in [3.05, 3.63) is 23.5 Å². The highest BCUT2D eigenvalue weighted by molar-refractivity contribution is 7.90. The average Bonchev–Trinajstić information content (AvgIpc) is 1.86. The fourth-order valence-corrected chi connectivity index (χ4v) is 1.32. The molecule has 1 aromatic rings. The van der Waals surface area contributed by atoms with E-state index in [1.807, 2.05) is 0 Å². The summed E-state index contributed by atoms with van der Waals surface area (Å²) in [6, 6.07) is 1.31. The second-order valence-electron chi connectivity index (χ2n) is 2.04. The van der Waals surface area contributed by atoms with Crippen LogP contribution >= 0.6 is 11.6 Å². The number of hydrogen-bond acceptors (Lipinski definition) is 3. The van der Waals surface area contributed by atoms with Crippen molar-refractivity contribution in [3.63, 3.8) is 0 Å². The molecule has 1 rings (SSSR count). The lowest BCUT2D eigenvalue weighted by molar-refractivity contribution is 0.601. The summed E-state index contributed by atoms with van der Waals surface area (Å²) in [5.41, 5.74) is 0. The Morgan fingerprint density at radius 1 is 1.64 bits per heavy atom. The van der Waals surface area contributed by atoms with Crippen LogP contribution in [0.4, 0.5) is 0 Å². The van der Waals surface area contributed by atoms with E-state index in [2.05, 4.69) is 11.2 Å².